The lowest BCUT2D eigenvalue weighted by molar-refractivity contribution is 1.24. The van der Waals surface area contributed by atoms with Gasteiger partial charge in [-0.05, 0) is 18.1 Å². The zero-order valence-electron chi connectivity index (χ0n) is 4.96. The third kappa shape index (κ3) is 0.669. The molecule has 1 aliphatic heterocycles. The molecule has 2 rings (SSSR count). The fourth-order valence-corrected chi connectivity index (χ4v) is 0.991. The van der Waals surface area contributed by atoms with Crippen LogP contribution >= 0.6 is 0 Å². The Morgan fingerprint density at radius 1 is 1.56 bits per heavy atom. The number of rotatable bonds is 0. The quantitative estimate of drug-likeness (QED) is 0.555. The highest BCUT2D eigenvalue weighted by molar-refractivity contribution is 5.50. The molecule has 2 heterocycles. The van der Waals surface area contributed by atoms with Gasteiger partial charge in [-0.3, -0.25) is 0 Å². The van der Waals surface area contributed by atoms with Crippen molar-refractivity contribution >= 4 is 5.82 Å². The van der Waals surface area contributed by atoms with Gasteiger partial charge in [0.05, 0.1) is 6.54 Å². The average Bonchev–Trinajstić information content (AvgIpc) is 2.33. The van der Waals surface area contributed by atoms with Gasteiger partial charge in [-0.25, -0.2) is 4.98 Å². The van der Waals surface area contributed by atoms with Crippen LogP contribution < -0.4 is 5.32 Å². The molecule has 0 saturated carbocycles. The topological polar surface area (TPSA) is 24.9 Å². The van der Waals surface area contributed by atoms with E-state index in [0.29, 0.717) is 0 Å². The van der Waals surface area contributed by atoms with Crippen LogP contribution in [0.15, 0.2) is 18.3 Å². The first-order valence-corrected chi connectivity index (χ1v) is 2.99. The van der Waals surface area contributed by atoms with Gasteiger partial charge in [0.15, 0.2) is 0 Å². The lowest BCUT2D eigenvalue weighted by Gasteiger charge is -1.92. The summed E-state index contributed by atoms with van der Waals surface area (Å²) in [7, 11) is 0. The number of hydrogen-bond donors (Lipinski definition) is 1. The summed E-state index contributed by atoms with van der Waals surface area (Å²) in [6.07, 6.45) is 2.80. The zero-order valence-corrected chi connectivity index (χ0v) is 4.96. The minimum atomic E-state index is 1.00. The average molecular weight is 119 g/mol. The van der Waals surface area contributed by atoms with Crippen LogP contribution in [0.1, 0.15) is 5.56 Å². The van der Waals surface area contributed by atoms with Gasteiger partial charge in [-0.1, -0.05) is 6.07 Å². The lowest BCUT2D eigenvalue weighted by atomic mass is 10.2. The lowest BCUT2D eigenvalue weighted by Crippen LogP contribution is -1.85. The van der Waals surface area contributed by atoms with Crippen molar-refractivity contribution in [3.8, 4) is 0 Å². The van der Waals surface area contributed by atoms with Gasteiger partial charge in [-0.15, -0.1) is 0 Å². The van der Waals surface area contributed by atoms with E-state index < -0.39 is 0 Å². The van der Waals surface area contributed by atoms with E-state index in [2.05, 4.69) is 16.4 Å². The molecule has 2 nitrogen and oxygen atoms in total. The number of hydrogen-bond acceptors (Lipinski definition) is 2. The van der Waals surface area contributed by atoms with Crippen LogP contribution in [0.2, 0.25) is 0 Å². The van der Waals surface area contributed by atoms with E-state index in [1.54, 1.807) is 6.20 Å². The molecule has 0 unspecified atom stereocenters. The fraction of sp³-hybridized carbons (Fsp3) is 0.143. The van der Waals surface area contributed by atoms with Crippen molar-refractivity contribution in [2.24, 2.45) is 0 Å². The molecular formula is C7H7N2. The highest BCUT2D eigenvalue weighted by Gasteiger charge is 2.08. The summed E-state index contributed by atoms with van der Waals surface area (Å²) in [6, 6.07) is 4.04. The molecule has 1 aliphatic rings. The van der Waals surface area contributed by atoms with Crippen molar-refractivity contribution in [2.75, 3.05) is 5.32 Å². The molecule has 0 aromatic carbocycles. The maximum atomic E-state index is 4.12. The van der Waals surface area contributed by atoms with Crippen LogP contribution in [-0.4, -0.2) is 4.98 Å². The monoisotopic (exact) mass is 119 g/mol. The van der Waals surface area contributed by atoms with Gasteiger partial charge < -0.3 is 5.32 Å². The smallest absolute Gasteiger partial charge is 0.129 e. The number of aromatic nitrogens is 1. The maximum absolute atomic E-state index is 4.12. The summed E-state index contributed by atoms with van der Waals surface area (Å²) < 4.78 is 0. The Labute approximate surface area is 53.9 Å². The first kappa shape index (κ1) is 4.79. The second kappa shape index (κ2) is 1.72. The molecule has 0 atom stereocenters. The normalized spacial score (nSPS) is 14.7. The van der Waals surface area contributed by atoms with E-state index in [4.69, 9.17) is 0 Å². The Morgan fingerprint density at radius 3 is 3.44 bits per heavy atom. The number of fused-ring (bicyclic) bond motifs is 1. The van der Waals surface area contributed by atoms with Crippen LogP contribution in [0.25, 0.3) is 0 Å². The standard InChI is InChI=1S/C7H7N2/c1-2-6-3-5-9-7(6)8-4-1/h1-2,4-5H,3H2,(H,8,9). The van der Waals surface area contributed by atoms with Crippen LogP contribution in [0.3, 0.4) is 0 Å². The minimum absolute atomic E-state index is 1.00. The third-order valence-corrected chi connectivity index (χ3v) is 1.45. The van der Waals surface area contributed by atoms with Crippen molar-refractivity contribution < 1.29 is 0 Å². The molecule has 0 spiro atoms. The summed E-state index contributed by atoms with van der Waals surface area (Å²) in [5.74, 6) is 1.01. The van der Waals surface area contributed by atoms with E-state index in [-0.39, 0.29) is 0 Å². The minimum Gasteiger partial charge on any atom is -0.365 e. The predicted octanol–water partition coefficient (Wildman–Crippen LogP) is 1.21. The highest BCUT2D eigenvalue weighted by atomic mass is 15.0. The van der Waals surface area contributed by atoms with Crippen LogP contribution in [0.5, 0.6) is 0 Å². The van der Waals surface area contributed by atoms with E-state index in [1.807, 2.05) is 12.6 Å². The number of nitrogens with one attached hydrogen (secondary N) is 1. The van der Waals surface area contributed by atoms with Crippen LogP contribution in [-0.2, 0) is 6.42 Å². The van der Waals surface area contributed by atoms with Gasteiger partial charge in [0.1, 0.15) is 5.82 Å². The van der Waals surface area contributed by atoms with Crippen molar-refractivity contribution in [2.45, 2.75) is 6.42 Å². The highest BCUT2D eigenvalue weighted by Crippen LogP contribution is 2.19. The van der Waals surface area contributed by atoms with Gasteiger partial charge in [-0.2, -0.15) is 0 Å². The third-order valence-electron chi connectivity index (χ3n) is 1.45. The molecule has 1 N–H and O–H groups in total. The first-order valence-electron chi connectivity index (χ1n) is 2.99. The van der Waals surface area contributed by atoms with Gasteiger partial charge in [0.2, 0.25) is 0 Å². The predicted molar refractivity (Wildman–Crippen MR) is 35.9 cm³/mol. The second-order valence-corrected chi connectivity index (χ2v) is 2.06. The Kier molecular flexibility index (Phi) is 0.918. The summed E-state index contributed by atoms with van der Waals surface area (Å²) in [4.78, 5) is 4.12. The van der Waals surface area contributed by atoms with Gasteiger partial charge >= 0.3 is 0 Å². The van der Waals surface area contributed by atoms with E-state index in [0.717, 1.165) is 12.2 Å². The molecule has 1 aromatic heterocycles. The summed E-state index contributed by atoms with van der Waals surface area (Å²) in [6.45, 7) is 2.01. The fourth-order valence-electron chi connectivity index (χ4n) is 0.991. The van der Waals surface area contributed by atoms with E-state index >= 15 is 0 Å². The zero-order chi connectivity index (χ0) is 6.10. The molecule has 0 aliphatic carbocycles. The van der Waals surface area contributed by atoms with Crippen molar-refractivity contribution in [3.05, 3.63) is 30.4 Å². The van der Waals surface area contributed by atoms with Gasteiger partial charge in [0.25, 0.3) is 0 Å². The number of anilines is 1. The van der Waals surface area contributed by atoms with Crippen LogP contribution in [0.4, 0.5) is 5.82 Å². The molecular weight excluding hydrogens is 112 g/mol. The summed E-state index contributed by atoms with van der Waals surface area (Å²) in [5, 5.41) is 3.06. The number of nitrogens with zero attached hydrogens (tertiary/aromatic N) is 1. The SMILES string of the molecule is [CH]1Cc2cccnc2N1. The van der Waals surface area contributed by atoms with E-state index in [9.17, 15) is 0 Å². The van der Waals surface area contributed by atoms with Crippen LogP contribution in [0, 0.1) is 6.54 Å². The van der Waals surface area contributed by atoms with Crippen molar-refractivity contribution in [1.82, 2.24) is 4.98 Å². The van der Waals surface area contributed by atoms with Crippen molar-refractivity contribution in [1.29, 1.82) is 0 Å². The molecule has 0 amide bonds. The molecule has 1 aromatic rings. The first-order chi connectivity index (χ1) is 4.47. The maximum Gasteiger partial charge on any atom is 0.129 e. The van der Waals surface area contributed by atoms with Gasteiger partial charge in [0, 0.05) is 6.20 Å². The second-order valence-electron chi connectivity index (χ2n) is 2.06. The van der Waals surface area contributed by atoms with E-state index in [1.165, 1.54) is 5.56 Å². The molecule has 0 bridgehead atoms. The Morgan fingerprint density at radius 2 is 2.56 bits per heavy atom. The Bertz CT molecular complexity index is 197. The Balaban J connectivity index is 2.54. The number of pyridine rings is 1. The molecule has 1 radical (unpaired) electrons. The molecule has 0 fully saturated rings. The molecule has 0 saturated heterocycles. The molecule has 45 valence electrons. The Hall–Kier alpha value is -1.05. The molecule has 2 heteroatoms. The summed E-state index contributed by atoms with van der Waals surface area (Å²) >= 11 is 0. The largest absolute Gasteiger partial charge is 0.365 e. The molecule has 9 heavy (non-hydrogen) atoms. The summed E-state index contributed by atoms with van der Waals surface area (Å²) in [5.41, 5.74) is 1.29. The van der Waals surface area contributed by atoms with Crippen molar-refractivity contribution in [3.63, 3.8) is 0 Å².